The third-order valence-corrected chi connectivity index (χ3v) is 17.1. The number of pyridine rings is 1. The highest BCUT2D eigenvalue weighted by atomic mass is 16.5. The van der Waals surface area contributed by atoms with E-state index in [1.165, 1.54) is 54.7 Å². The van der Waals surface area contributed by atoms with Gasteiger partial charge in [-0.1, -0.05) is 133 Å². The second kappa shape index (κ2) is 17.8. The number of aryl methyl sites for hydroxylation is 1. The Balaban J connectivity index is 0.875. The molecule has 1 aliphatic heterocycles. The van der Waals surface area contributed by atoms with Crippen LogP contribution in [0.3, 0.4) is 0 Å². The maximum absolute atomic E-state index is 6.90. The largest absolute Gasteiger partial charge is 0.457 e. The van der Waals surface area contributed by atoms with Gasteiger partial charge in [0.05, 0.1) is 73.6 Å². The van der Waals surface area contributed by atoms with Gasteiger partial charge in [-0.25, -0.2) is 4.98 Å². The Morgan fingerprint density at radius 3 is 1.37 bits per heavy atom. The highest BCUT2D eigenvalue weighted by molar-refractivity contribution is 6.14. The molecule has 6 heterocycles. The predicted octanol–water partition coefficient (Wildman–Crippen LogP) is 18.8. The first-order valence-electron chi connectivity index (χ1n) is 28.0. The fourth-order valence-electron chi connectivity index (χ4n) is 13.6. The smallest absolute Gasteiger partial charge is 0.137 e. The molecule has 0 aliphatic carbocycles. The Hall–Kier alpha value is -10.8. The molecule has 0 saturated heterocycles. The lowest BCUT2D eigenvalue weighted by Gasteiger charge is -2.21. The van der Waals surface area contributed by atoms with Crippen molar-refractivity contribution in [1.82, 2.24) is 23.3 Å². The Kier molecular flexibility index (Phi) is 10.0. The van der Waals surface area contributed by atoms with Crippen molar-refractivity contribution in [3.63, 3.8) is 0 Å². The summed E-state index contributed by atoms with van der Waals surface area (Å²) in [6, 6.07) is 91.9. The number of benzene rings is 11. The number of aromatic nitrogens is 5. The van der Waals surface area contributed by atoms with Crippen molar-refractivity contribution in [2.75, 3.05) is 23.5 Å². The number of hydrogen-bond donors (Lipinski definition) is 0. The lowest BCUT2D eigenvalue weighted by atomic mass is 9.98. The van der Waals surface area contributed by atoms with Gasteiger partial charge in [0, 0.05) is 91.0 Å². The van der Waals surface area contributed by atoms with Gasteiger partial charge in [-0.2, -0.15) is 0 Å². The molecule has 17 rings (SSSR count). The first-order valence-corrected chi connectivity index (χ1v) is 28.0. The molecular formula is C74H51N7O. The Morgan fingerprint density at radius 2 is 0.805 bits per heavy atom. The van der Waals surface area contributed by atoms with E-state index >= 15 is 0 Å². The number of ether oxygens (including phenoxy) is 1. The Bertz CT molecular complexity index is 5010. The third-order valence-electron chi connectivity index (χ3n) is 17.1. The van der Waals surface area contributed by atoms with Gasteiger partial charge in [0.1, 0.15) is 17.3 Å². The van der Waals surface area contributed by atoms with Crippen molar-refractivity contribution in [3.05, 3.63) is 267 Å². The van der Waals surface area contributed by atoms with Crippen LogP contribution < -0.4 is 14.5 Å². The minimum absolute atomic E-state index is 0.736. The van der Waals surface area contributed by atoms with Gasteiger partial charge >= 0.3 is 0 Å². The first kappa shape index (κ1) is 46.1. The average molecular weight is 1050 g/mol. The first-order chi connectivity index (χ1) is 40.5. The molecule has 8 heteroatoms. The summed E-state index contributed by atoms with van der Waals surface area (Å²) in [6.07, 6.45) is 2.11. The topological polar surface area (TPSA) is 48.3 Å². The fraction of sp³-hybridized carbons (Fsp3) is 0.0405. The zero-order chi connectivity index (χ0) is 54.2. The van der Waals surface area contributed by atoms with Crippen LogP contribution in [-0.4, -0.2) is 37.0 Å². The SMILES string of the molecule is Cc1cc(-n2c3ccc(-n4c5ccccc5c5ccccc54)cc3c3ccc(Oc4cccc(N5CN(C)c6ccccc65)c4)cc32)ncc1-c1c(-n2c3ccccc3c3ccccc32)cccc1-n1c2ccccc2c2ccccc21. The third kappa shape index (κ3) is 6.82. The van der Waals surface area contributed by atoms with Crippen molar-refractivity contribution in [3.8, 4) is 45.5 Å². The van der Waals surface area contributed by atoms with Gasteiger partial charge in [-0.3, -0.25) is 4.57 Å². The summed E-state index contributed by atoms with van der Waals surface area (Å²) in [5.41, 5.74) is 18.9. The van der Waals surface area contributed by atoms with Crippen LogP contribution in [0, 0.1) is 6.92 Å². The summed E-state index contributed by atoms with van der Waals surface area (Å²) in [5.74, 6) is 2.31. The van der Waals surface area contributed by atoms with E-state index in [0.29, 0.717) is 0 Å². The molecule has 0 unspecified atom stereocenters. The van der Waals surface area contributed by atoms with Crippen LogP contribution in [0.2, 0.25) is 0 Å². The van der Waals surface area contributed by atoms with Crippen molar-refractivity contribution in [2.24, 2.45) is 0 Å². The van der Waals surface area contributed by atoms with Crippen LogP contribution in [0.4, 0.5) is 17.1 Å². The molecule has 16 aromatic rings. The average Bonchev–Trinajstić information content (AvgIpc) is 3.90. The summed E-state index contributed by atoms with van der Waals surface area (Å²) in [4.78, 5) is 10.2. The van der Waals surface area contributed by atoms with Crippen molar-refractivity contribution in [1.29, 1.82) is 0 Å². The molecule has 0 radical (unpaired) electrons. The molecule has 0 fully saturated rings. The quantitative estimate of drug-likeness (QED) is 0.152. The highest BCUT2D eigenvalue weighted by Crippen LogP contribution is 2.46. The lowest BCUT2D eigenvalue weighted by Crippen LogP contribution is -2.23. The number of hydrogen-bond acceptors (Lipinski definition) is 4. The molecule has 388 valence electrons. The molecule has 8 nitrogen and oxygen atoms in total. The van der Waals surface area contributed by atoms with E-state index < -0.39 is 0 Å². The number of fused-ring (bicyclic) bond motifs is 13. The molecule has 82 heavy (non-hydrogen) atoms. The number of anilines is 3. The Morgan fingerprint density at radius 1 is 0.341 bits per heavy atom. The molecule has 5 aromatic heterocycles. The van der Waals surface area contributed by atoms with Crippen LogP contribution in [-0.2, 0) is 0 Å². The maximum Gasteiger partial charge on any atom is 0.137 e. The fourth-order valence-corrected chi connectivity index (χ4v) is 13.6. The summed E-state index contributed by atoms with van der Waals surface area (Å²) < 4.78 is 16.5. The molecule has 0 spiro atoms. The Labute approximate surface area is 472 Å². The van der Waals surface area contributed by atoms with Crippen LogP contribution in [0.25, 0.3) is 121 Å². The zero-order valence-corrected chi connectivity index (χ0v) is 45.1. The van der Waals surface area contributed by atoms with Gasteiger partial charge in [0.25, 0.3) is 0 Å². The number of para-hydroxylation sites is 8. The van der Waals surface area contributed by atoms with Crippen LogP contribution in [0.1, 0.15) is 5.56 Å². The van der Waals surface area contributed by atoms with Crippen molar-refractivity contribution >= 4 is 104 Å². The van der Waals surface area contributed by atoms with Crippen LogP contribution in [0.15, 0.2) is 261 Å². The second-order valence-electron chi connectivity index (χ2n) is 21.7. The maximum atomic E-state index is 6.90. The summed E-state index contributed by atoms with van der Waals surface area (Å²) >= 11 is 0. The molecule has 0 saturated carbocycles. The summed E-state index contributed by atoms with van der Waals surface area (Å²) in [7, 11) is 2.14. The molecule has 1 aliphatic rings. The van der Waals surface area contributed by atoms with Gasteiger partial charge in [0.2, 0.25) is 0 Å². The second-order valence-corrected chi connectivity index (χ2v) is 21.7. The molecular weight excluding hydrogens is 1000 g/mol. The lowest BCUT2D eigenvalue weighted by molar-refractivity contribution is 0.483. The standard InChI is InChI=1S/C74H51N7O/c1-47-41-73(75-45-60(47)74-70(79-63-29-11-5-23-54(63)55-24-6-12-30-64(55)79)35-18-36-71(74)80-65-31-13-7-25-56(65)57-26-8-14-32-66(57)80)81-67-40-37-49(78-61-27-9-3-21-52(61)53-22-4-10-28-62(53)78)43-59(67)58-39-38-51(44-72(58)81)82-50-20-17-19-48(42-50)77-46-76(2)68-33-15-16-34-69(68)77/h3-45H,46H2,1-2H3. The van der Waals surface area contributed by atoms with Gasteiger partial charge in [-0.05, 0) is 122 Å². The van der Waals surface area contributed by atoms with E-state index in [2.05, 4.69) is 297 Å². The van der Waals surface area contributed by atoms with Crippen molar-refractivity contribution < 1.29 is 4.74 Å². The van der Waals surface area contributed by atoms with E-state index in [1.54, 1.807) is 0 Å². The van der Waals surface area contributed by atoms with Gasteiger partial charge in [0.15, 0.2) is 0 Å². The number of rotatable bonds is 8. The minimum Gasteiger partial charge on any atom is -0.457 e. The van der Waals surface area contributed by atoms with Gasteiger partial charge < -0.3 is 28.2 Å². The minimum atomic E-state index is 0.736. The van der Waals surface area contributed by atoms with E-state index in [1.807, 2.05) is 6.07 Å². The molecule has 0 amide bonds. The zero-order valence-electron chi connectivity index (χ0n) is 45.1. The van der Waals surface area contributed by atoms with Gasteiger partial charge in [-0.15, -0.1) is 0 Å². The summed E-state index contributed by atoms with van der Waals surface area (Å²) in [5, 5.41) is 9.53. The van der Waals surface area contributed by atoms with E-state index in [9.17, 15) is 0 Å². The monoisotopic (exact) mass is 1050 g/mol. The molecule has 0 bridgehead atoms. The molecule has 11 aromatic carbocycles. The van der Waals surface area contributed by atoms with E-state index in [-0.39, 0.29) is 0 Å². The molecule has 0 N–H and O–H groups in total. The van der Waals surface area contributed by atoms with Crippen molar-refractivity contribution in [2.45, 2.75) is 6.92 Å². The van der Waals surface area contributed by atoms with Crippen LogP contribution >= 0.6 is 0 Å². The van der Waals surface area contributed by atoms with Crippen LogP contribution in [0.5, 0.6) is 11.5 Å². The van der Waals surface area contributed by atoms with E-state index in [4.69, 9.17) is 9.72 Å². The highest BCUT2D eigenvalue weighted by Gasteiger charge is 2.27. The normalized spacial score (nSPS) is 12.7. The molecule has 0 atom stereocenters. The van der Waals surface area contributed by atoms with E-state index in [0.717, 1.165) is 107 Å². The number of nitrogens with zero attached hydrogens (tertiary/aromatic N) is 7. The predicted molar refractivity (Wildman–Crippen MR) is 340 cm³/mol. The summed E-state index contributed by atoms with van der Waals surface area (Å²) in [6.45, 7) is 3.00.